The van der Waals surface area contributed by atoms with E-state index in [-0.39, 0.29) is 11.5 Å². The second-order valence-corrected chi connectivity index (χ2v) is 6.79. The van der Waals surface area contributed by atoms with Crippen LogP contribution < -0.4 is 9.88 Å². The van der Waals surface area contributed by atoms with Gasteiger partial charge in [0.2, 0.25) is 10.0 Å². The summed E-state index contributed by atoms with van der Waals surface area (Å²) in [4.78, 5) is 0.0793. The third-order valence-electron chi connectivity index (χ3n) is 2.88. The van der Waals surface area contributed by atoms with Gasteiger partial charge in [0.1, 0.15) is 12.4 Å². The standard InChI is InChI=1S/C14H13Cl2NO3S/c1-9-7-11(5-6-13(9)21(17,18)19)20-8-10-3-2-4-12(15)14(10)16/h2-7H,8H2,1H3,(H2,17,18,19). The predicted molar refractivity (Wildman–Crippen MR) is 83.3 cm³/mol. The summed E-state index contributed by atoms with van der Waals surface area (Å²) in [5, 5.41) is 6.01. The summed E-state index contributed by atoms with van der Waals surface area (Å²) in [6.45, 7) is 1.88. The first-order valence-electron chi connectivity index (χ1n) is 5.98. The van der Waals surface area contributed by atoms with Gasteiger partial charge in [-0.2, -0.15) is 0 Å². The first-order chi connectivity index (χ1) is 9.79. The topological polar surface area (TPSA) is 69.4 Å². The number of halogens is 2. The summed E-state index contributed by atoms with van der Waals surface area (Å²) in [6, 6.07) is 9.85. The average molecular weight is 346 g/mol. The molecule has 112 valence electrons. The SMILES string of the molecule is Cc1cc(OCc2cccc(Cl)c2Cl)ccc1S(N)(=O)=O. The van der Waals surface area contributed by atoms with Gasteiger partial charge in [0.05, 0.1) is 14.9 Å². The molecule has 0 fully saturated rings. The zero-order valence-corrected chi connectivity index (χ0v) is 13.5. The molecule has 4 nitrogen and oxygen atoms in total. The molecule has 0 spiro atoms. The molecule has 2 rings (SSSR count). The van der Waals surface area contributed by atoms with Crippen molar-refractivity contribution in [3.05, 3.63) is 57.6 Å². The molecule has 21 heavy (non-hydrogen) atoms. The second kappa shape index (κ2) is 6.23. The lowest BCUT2D eigenvalue weighted by Crippen LogP contribution is -2.13. The van der Waals surface area contributed by atoms with Gasteiger partial charge in [-0.05, 0) is 36.8 Å². The number of hydrogen-bond donors (Lipinski definition) is 1. The van der Waals surface area contributed by atoms with Crippen LogP contribution in [0.4, 0.5) is 0 Å². The minimum atomic E-state index is -3.72. The van der Waals surface area contributed by atoms with Crippen molar-refractivity contribution in [2.45, 2.75) is 18.4 Å². The molecule has 0 aliphatic carbocycles. The van der Waals surface area contributed by atoms with Crippen LogP contribution in [-0.4, -0.2) is 8.42 Å². The van der Waals surface area contributed by atoms with Crippen molar-refractivity contribution in [2.24, 2.45) is 5.14 Å². The van der Waals surface area contributed by atoms with Gasteiger partial charge in [0.15, 0.2) is 0 Å². The highest BCUT2D eigenvalue weighted by Gasteiger charge is 2.12. The molecule has 0 bridgehead atoms. The van der Waals surface area contributed by atoms with E-state index in [4.69, 9.17) is 33.1 Å². The maximum atomic E-state index is 11.3. The Morgan fingerprint density at radius 1 is 1.19 bits per heavy atom. The van der Waals surface area contributed by atoms with E-state index >= 15 is 0 Å². The Morgan fingerprint density at radius 2 is 1.90 bits per heavy atom. The molecule has 0 atom stereocenters. The Kier molecular flexibility index (Phi) is 4.78. The number of primary sulfonamides is 1. The number of hydrogen-bond acceptors (Lipinski definition) is 3. The van der Waals surface area contributed by atoms with Crippen LogP contribution in [-0.2, 0) is 16.6 Å². The van der Waals surface area contributed by atoms with Crippen molar-refractivity contribution in [1.29, 1.82) is 0 Å². The van der Waals surface area contributed by atoms with Gasteiger partial charge in [-0.1, -0.05) is 35.3 Å². The molecular formula is C14H13Cl2NO3S. The van der Waals surface area contributed by atoms with E-state index in [1.807, 2.05) is 0 Å². The molecule has 0 saturated carbocycles. The summed E-state index contributed by atoms with van der Waals surface area (Å²) in [5.41, 5.74) is 1.27. The highest BCUT2D eigenvalue weighted by molar-refractivity contribution is 7.89. The summed E-state index contributed by atoms with van der Waals surface area (Å²) < 4.78 is 28.3. The minimum absolute atomic E-state index is 0.0793. The predicted octanol–water partition coefficient (Wildman–Crippen LogP) is 3.53. The number of aryl methyl sites for hydroxylation is 1. The molecule has 2 aromatic rings. The number of benzene rings is 2. The lowest BCUT2D eigenvalue weighted by molar-refractivity contribution is 0.306. The largest absolute Gasteiger partial charge is 0.489 e. The van der Waals surface area contributed by atoms with E-state index in [9.17, 15) is 8.42 Å². The third-order valence-corrected chi connectivity index (χ3v) is 4.81. The molecule has 0 amide bonds. The Hall–Kier alpha value is -1.27. The average Bonchev–Trinajstić information content (AvgIpc) is 2.39. The molecule has 0 radical (unpaired) electrons. The first kappa shape index (κ1) is 16.1. The van der Waals surface area contributed by atoms with Crippen LogP contribution in [0.25, 0.3) is 0 Å². The molecule has 0 aliphatic heterocycles. The van der Waals surface area contributed by atoms with Crippen molar-refractivity contribution in [3.63, 3.8) is 0 Å². The Labute approximate surface area is 133 Å². The smallest absolute Gasteiger partial charge is 0.238 e. The molecule has 7 heteroatoms. The Balaban J connectivity index is 2.18. The quantitative estimate of drug-likeness (QED) is 0.921. The van der Waals surface area contributed by atoms with Gasteiger partial charge < -0.3 is 4.74 Å². The monoisotopic (exact) mass is 345 g/mol. The zero-order chi connectivity index (χ0) is 15.6. The molecule has 0 unspecified atom stereocenters. The fraction of sp³-hybridized carbons (Fsp3) is 0.143. The van der Waals surface area contributed by atoms with Gasteiger partial charge >= 0.3 is 0 Å². The fourth-order valence-electron chi connectivity index (χ4n) is 1.85. The van der Waals surface area contributed by atoms with Crippen LogP contribution in [0.5, 0.6) is 5.75 Å². The maximum absolute atomic E-state index is 11.3. The van der Waals surface area contributed by atoms with Crippen LogP contribution in [0.15, 0.2) is 41.3 Å². The van der Waals surface area contributed by atoms with Gasteiger partial charge in [-0.15, -0.1) is 0 Å². The molecular weight excluding hydrogens is 333 g/mol. The van der Waals surface area contributed by atoms with Crippen LogP contribution in [0.1, 0.15) is 11.1 Å². The normalized spacial score (nSPS) is 11.4. The van der Waals surface area contributed by atoms with E-state index < -0.39 is 10.0 Å². The molecule has 2 aromatic carbocycles. The van der Waals surface area contributed by atoms with Crippen molar-refractivity contribution < 1.29 is 13.2 Å². The van der Waals surface area contributed by atoms with E-state index in [2.05, 4.69) is 0 Å². The summed E-state index contributed by atoms with van der Waals surface area (Å²) in [7, 11) is -3.72. The third kappa shape index (κ3) is 3.89. The van der Waals surface area contributed by atoms with Gasteiger partial charge in [-0.25, -0.2) is 13.6 Å². The van der Waals surface area contributed by atoms with E-state index in [1.165, 1.54) is 6.07 Å². The molecule has 0 saturated heterocycles. The molecule has 0 aliphatic rings. The van der Waals surface area contributed by atoms with E-state index in [0.717, 1.165) is 5.56 Å². The zero-order valence-electron chi connectivity index (χ0n) is 11.1. The van der Waals surface area contributed by atoms with E-state index in [0.29, 0.717) is 21.4 Å². The van der Waals surface area contributed by atoms with E-state index in [1.54, 1.807) is 37.3 Å². The summed E-state index contributed by atoms with van der Waals surface area (Å²) >= 11 is 12.0. The van der Waals surface area contributed by atoms with Crippen molar-refractivity contribution in [1.82, 2.24) is 0 Å². The van der Waals surface area contributed by atoms with Gasteiger partial charge in [0.25, 0.3) is 0 Å². The highest BCUT2D eigenvalue weighted by Crippen LogP contribution is 2.27. The van der Waals surface area contributed by atoms with Crippen LogP contribution >= 0.6 is 23.2 Å². The number of nitrogens with two attached hydrogens (primary N) is 1. The van der Waals surface area contributed by atoms with Crippen molar-refractivity contribution >= 4 is 33.2 Å². The molecule has 0 aromatic heterocycles. The van der Waals surface area contributed by atoms with Crippen LogP contribution in [0.3, 0.4) is 0 Å². The lowest BCUT2D eigenvalue weighted by atomic mass is 10.2. The second-order valence-electron chi connectivity index (χ2n) is 4.47. The number of sulfonamides is 1. The first-order valence-corrected chi connectivity index (χ1v) is 8.28. The van der Waals surface area contributed by atoms with Crippen LogP contribution in [0, 0.1) is 6.92 Å². The molecule has 2 N–H and O–H groups in total. The fourth-order valence-corrected chi connectivity index (χ4v) is 2.99. The summed E-state index contributed by atoms with van der Waals surface area (Å²) in [6.07, 6.45) is 0. The number of rotatable bonds is 4. The minimum Gasteiger partial charge on any atom is -0.489 e. The van der Waals surface area contributed by atoms with Crippen LogP contribution in [0.2, 0.25) is 10.0 Å². The van der Waals surface area contributed by atoms with Crippen molar-refractivity contribution in [3.8, 4) is 5.75 Å². The summed E-state index contributed by atoms with van der Waals surface area (Å²) in [5.74, 6) is 0.524. The Morgan fingerprint density at radius 3 is 2.52 bits per heavy atom. The maximum Gasteiger partial charge on any atom is 0.238 e. The van der Waals surface area contributed by atoms with Crippen molar-refractivity contribution in [2.75, 3.05) is 0 Å². The Bertz CT molecular complexity index is 776. The lowest BCUT2D eigenvalue weighted by Gasteiger charge is -2.10. The highest BCUT2D eigenvalue weighted by atomic mass is 35.5. The van der Waals surface area contributed by atoms with Gasteiger partial charge in [0, 0.05) is 5.56 Å². The number of ether oxygens (including phenoxy) is 1. The molecule has 0 heterocycles. The van der Waals surface area contributed by atoms with Gasteiger partial charge in [-0.3, -0.25) is 0 Å².